The standard InChI is InChI=1S/C15H12F4/c1-9-3-4-14(16)13(7-9)11-5-10(2)6-12(8-11)15(17,18)19/h3-8H,1-2H3. The molecule has 0 aromatic heterocycles. The lowest BCUT2D eigenvalue weighted by Crippen LogP contribution is -2.05. The van der Waals surface area contributed by atoms with Crippen molar-refractivity contribution in [3.8, 4) is 11.1 Å². The second kappa shape index (κ2) is 4.68. The van der Waals surface area contributed by atoms with Crippen LogP contribution in [-0.2, 0) is 6.18 Å². The highest BCUT2D eigenvalue weighted by atomic mass is 19.4. The predicted octanol–water partition coefficient (Wildman–Crippen LogP) is 5.13. The van der Waals surface area contributed by atoms with Crippen molar-refractivity contribution in [3.05, 3.63) is 58.9 Å². The van der Waals surface area contributed by atoms with Gasteiger partial charge in [0.15, 0.2) is 0 Å². The maximum absolute atomic E-state index is 13.7. The lowest BCUT2D eigenvalue weighted by molar-refractivity contribution is -0.137. The van der Waals surface area contributed by atoms with E-state index in [0.29, 0.717) is 5.56 Å². The molecule has 0 aliphatic heterocycles. The maximum atomic E-state index is 13.7. The first-order valence-electron chi connectivity index (χ1n) is 5.73. The van der Waals surface area contributed by atoms with E-state index in [1.165, 1.54) is 6.07 Å². The first-order chi connectivity index (χ1) is 8.77. The Balaban J connectivity index is 2.63. The monoisotopic (exact) mass is 268 g/mol. The van der Waals surface area contributed by atoms with Gasteiger partial charge in [-0.2, -0.15) is 13.2 Å². The van der Waals surface area contributed by atoms with Crippen molar-refractivity contribution in [2.24, 2.45) is 0 Å². The van der Waals surface area contributed by atoms with Crippen molar-refractivity contribution in [3.63, 3.8) is 0 Å². The van der Waals surface area contributed by atoms with Gasteiger partial charge in [0.05, 0.1) is 5.56 Å². The molecule has 0 bridgehead atoms. The van der Waals surface area contributed by atoms with E-state index in [1.807, 2.05) is 0 Å². The molecular weight excluding hydrogens is 256 g/mol. The van der Waals surface area contributed by atoms with Crippen LogP contribution in [0.15, 0.2) is 36.4 Å². The van der Waals surface area contributed by atoms with E-state index in [9.17, 15) is 17.6 Å². The zero-order chi connectivity index (χ0) is 14.2. The summed E-state index contributed by atoms with van der Waals surface area (Å²) >= 11 is 0. The fourth-order valence-electron chi connectivity index (χ4n) is 1.96. The lowest BCUT2D eigenvalue weighted by Gasteiger charge is -2.11. The van der Waals surface area contributed by atoms with Gasteiger partial charge in [0, 0.05) is 5.56 Å². The summed E-state index contributed by atoms with van der Waals surface area (Å²) < 4.78 is 52.0. The molecular formula is C15H12F4. The number of halogens is 4. The largest absolute Gasteiger partial charge is 0.416 e. The Hall–Kier alpha value is -1.84. The Morgan fingerprint density at radius 1 is 0.842 bits per heavy atom. The van der Waals surface area contributed by atoms with E-state index in [2.05, 4.69) is 0 Å². The molecule has 0 saturated carbocycles. The lowest BCUT2D eigenvalue weighted by atomic mass is 9.98. The summed E-state index contributed by atoms with van der Waals surface area (Å²) in [6, 6.07) is 7.97. The molecule has 0 radical (unpaired) electrons. The Bertz CT molecular complexity index is 612. The minimum absolute atomic E-state index is 0.189. The molecule has 0 unspecified atom stereocenters. The van der Waals surface area contributed by atoms with Crippen molar-refractivity contribution < 1.29 is 17.6 Å². The molecule has 0 aliphatic carbocycles. The molecule has 0 nitrogen and oxygen atoms in total. The van der Waals surface area contributed by atoms with Crippen LogP contribution in [0.2, 0.25) is 0 Å². The predicted molar refractivity (Wildman–Crippen MR) is 66.3 cm³/mol. The van der Waals surface area contributed by atoms with Crippen molar-refractivity contribution in [2.75, 3.05) is 0 Å². The quantitative estimate of drug-likeness (QED) is 0.629. The summed E-state index contributed by atoms with van der Waals surface area (Å²) in [4.78, 5) is 0. The molecule has 0 spiro atoms. The van der Waals surface area contributed by atoms with Gasteiger partial charge < -0.3 is 0 Å². The van der Waals surface area contributed by atoms with Gasteiger partial charge in [0.1, 0.15) is 5.82 Å². The third-order valence-electron chi connectivity index (χ3n) is 2.84. The highest BCUT2D eigenvalue weighted by Gasteiger charge is 2.31. The third kappa shape index (κ3) is 2.95. The van der Waals surface area contributed by atoms with E-state index < -0.39 is 17.6 Å². The highest BCUT2D eigenvalue weighted by molar-refractivity contribution is 5.66. The summed E-state index contributed by atoms with van der Waals surface area (Å²) in [7, 11) is 0. The van der Waals surface area contributed by atoms with Gasteiger partial charge in [-0.1, -0.05) is 17.7 Å². The van der Waals surface area contributed by atoms with E-state index in [4.69, 9.17) is 0 Å². The molecule has 19 heavy (non-hydrogen) atoms. The molecule has 0 heterocycles. The maximum Gasteiger partial charge on any atom is 0.416 e. The van der Waals surface area contributed by atoms with Crippen LogP contribution < -0.4 is 0 Å². The fourth-order valence-corrected chi connectivity index (χ4v) is 1.96. The molecule has 0 fully saturated rings. The topological polar surface area (TPSA) is 0 Å². The van der Waals surface area contributed by atoms with E-state index in [0.717, 1.165) is 17.7 Å². The molecule has 2 aromatic rings. The first-order valence-corrected chi connectivity index (χ1v) is 5.73. The zero-order valence-corrected chi connectivity index (χ0v) is 10.5. The van der Waals surface area contributed by atoms with Gasteiger partial charge in [-0.05, 0) is 49.2 Å². The Morgan fingerprint density at radius 3 is 2.16 bits per heavy atom. The molecule has 2 aromatic carbocycles. The van der Waals surface area contributed by atoms with Gasteiger partial charge in [-0.25, -0.2) is 4.39 Å². The number of rotatable bonds is 1. The number of hydrogen-bond donors (Lipinski definition) is 0. The van der Waals surface area contributed by atoms with Gasteiger partial charge >= 0.3 is 6.18 Å². The second-order valence-electron chi connectivity index (χ2n) is 4.57. The van der Waals surface area contributed by atoms with Crippen LogP contribution in [0.1, 0.15) is 16.7 Å². The fraction of sp³-hybridized carbons (Fsp3) is 0.200. The SMILES string of the molecule is Cc1cc(-c2cc(C)ccc2F)cc(C(F)(F)F)c1. The number of hydrogen-bond acceptors (Lipinski definition) is 0. The molecule has 0 saturated heterocycles. The molecule has 100 valence electrons. The van der Waals surface area contributed by atoms with Crippen LogP contribution in [0.5, 0.6) is 0 Å². The van der Waals surface area contributed by atoms with Gasteiger partial charge in [0.2, 0.25) is 0 Å². The van der Waals surface area contributed by atoms with E-state index >= 15 is 0 Å². The van der Waals surface area contributed by atoms with Crippen LogP contribution in [-0.4, -0.2) is 0 Å². The van der Waals surface area contributed by atoms with Crippen molar-refractivity contribution in [1.82, 2.24) is 0 Å². The molecule has 0 N–H and O–H groups in total. The third-order valence-corrected chi connectivity index (χ3v) is 2.84. The molecule has 0 atom stereocenters. The average molecular weight is 268 g/mol. The summed E-state index contributed by atoms with van der Waals surface area (Å²) in [5, 5.41) is 0. The summed E-state index contributed by atoms with van der Waals surface area (Å²) in [5.41, 5.74) is 0.920. The Morgan fingerprint density at radius 2 is 1.53 bits per heavy atom. The van der Waals surface area contributed by atoms with Crippen molar-refractivity contribution in [1.29, 1.82) is 0 Å². The minimum atomic E-state index is -4.43. The number of alkyl halides is 3. The molecule has 0 aliphatic rings. The van der Waals surface area contributed by atoms with Crippen LogP contribution in [0.3, 0.4) is 0 Å². The summed E-state index contributed by atoms with van der Waals surface area (Å²) in [6.07, 6.45) is -4.43. The first kappa shape index (κ1) is 13.6. The van der Waals surface area contributed by atoms with Crippen LogP contribution in [0, 0.1) is 19.7 Å². The van der Waals surface area contributed by atoms with E-state index in [1.54, 1.807) is 32.0 Å². The average Bonchev–Trinajstić information content (AvgIpc) is 2.30. The minimum Gasteiger partial charge on any atom is -0.206 e. The van der Waals surface area contributed by atoms with Crippen LogP contribution in [0.25, 0.3) is 11.1 Å². The van der Waals surface area contributed by atoms with Crippen LogP contribution >= 0.6 is 0 Å². The Kier molecular flexibility index (Phi) is 3.35. The van der Waals surface area contributed by atoms with E-state index in [-0.39, 0.29) is 11.1 Å². The van der Waals surface area contributed by atoms with Gasteiger partial charge in [-0.3, -0.25) is 0 Å². The summed E-state index contributed by atoms with van der Waals surface area (Å²) in [6.45, 7) is 3.33. The second-order valence-corrected chi connectivity index (χ2v) is 4.57. The van der Waals surface area contributed by atoms with Gasteiger partial charge in [0.25, 0.3) is 0 Å². The van der Waals surface area contributed by atoms with Crippen LogP contribution in [0.4, 0.5) is 17.6 Å². The van der Waals surface area contributed by atoms with Gasteiger partial charge in [-0.15, -0.1) is 0 Å². The number of benzene rings is 2. The zero-order valence-electron chi connectivity index (χ0n) is 10.5. The van der Waals surface area contributed by atoms with Crippen molar-refractivity contribution in [2.45, 2.75) is 20.0 Å². The van der Waals surface area contributed by atoms with Crippen molar-refractivity contribution >= 4 is 0 Å². The molecule has 2 rings (SSSR count). The smallest absolute Gasteiger partial charge is 0.206 e. The summed E-state index contributed by atoms with van der Waals surface area (Å²) in [5.74, 6) is -0.524. The normalized spacial score (nSPS) is 11.7. The Labute approximate surface area is 108 Å². The molecule has 4 heteroatoms. The number of aryl methyl sites for hydroxylation is 2. The highest BCUT2D eigenvalue weighted by Crippen LogP contribution is 2.34. The molecule has 0 amide bonds.